The molecule has 0 spiro atoms. The Balaban J connectivity index is 3.08. The number of pyridine rings is 1. The Morgan fingerprint density at radius 3 is 2.59 bits per heavy atom. The number of nitrogens with zero attached hydrogens (tertiary/aromatic N) is 1. The highest BCUT2D eigenvalue weighted by molar-refractivity contribution is 5.75. The first-order valence-corrected chi connectivity index (χ1v) is 5.13. The summed E-state index contributed by atoms with van der Waals surface area (Å²) in [6.07, 6.45) is -3.72. The Labute approximate surface area is 96.3 Å². The zero-order chi connectivity index (χ0) is 13.1. The molecule has 1 N–H and O–H groups in total. The van der Waals surface area contributed by atoms with Crippen LogP contribution in [0.15, 0.2) is 18.2 Å². The summed E-state index contributed by atoms with van der Waals surface area (Å²) in [6.45, 7) is 1.77. The van der Waals surface area contributed by atoms with Gasteiger partial charge in [0.25, 0.3) is 0 Å². The van der Waals surface area contributed by atoms with Crippen molar-refractivity contribution in [2.45, 2.75) is 31.9 Å². The van der Waals surface area contributed by atoms with Crippen molar-refractivity contribution in [3.63, 3.8) is 0 Å². The van der Waals surface area contributed by atoms with Crippen LogP contribution in [0.25, 0.3) is 0 Å². The Morgan fingerprint density at radius 2 is 2.12 bits per heavy atom. The van der Waals surface area contributed by atoms with Crippen LogP contribution in [-0.2, 0) is 11.0 Å². The standard InChI is InChI=1S/C11H12F3NO2/c1-2-4-7(10(16)17)8-5-3-6-9(15-8)11(12,13)14/h3,5-7H,2,4H2,1H3,(H,16,17). The minimum atomic E-state index is -4.55. The van der Waals surface area contributed by atoms with Crippen molar-refractivity contribution in [2.24, 2.45) is 0 Å². The van der Waals surface area contributed by atoms with E-state index in [0.717, 1.165) is 6.07 Å². The van der Waals surface area contributed by atoms with E-state index in [1.165, 1.54) is 12.1 Å². The van der Waals surface area contributed by atoms with Crippen LogP contribution in [0.1, 0.15) is 37.1 Å². The number of hydrogen-bond donors (Lipinski definition) is 1. The van der Waals surface area contributed by atoms with E-state index in [1.54, 1.807) is 6.92 Å². The summed E-state index contributed by atoms with van der Waals surface area (Å²) in [7, 11) is 0. The molecule has 0 fully saturated rings. The number of alkyl halides is 3. The van der Waals surface area contributed by atoms with E-state index in [2.05, 4.69) is 4.98 Å². The van der Waals surface area contributed by atoms with E-state index in [0.29, 0.717) is 6.42 Å². The van der Waals surface area contributed by atoms with Gasteiger partial charge in [0.1, 0.15) is 5.69 Å². The fourth-order valence-corrected chi connectivity index (χ4v) is 1.49. The number of aliphatic carboxylic acids is 1. The Kier molecular flexibility index (Phi) is 4.09. The molecule has 6 heteroatoms. The van der Waals surface area contributed by atoms with E-state index in [1.807, 2.05) is 0 Å². The molecule has 0 radical (unpaired) electrons. The van der Waals surface area contributed by atoms with Crippen molar-refractivity contribution in [3.05, 3.63) is 29.6 Å². The van der Waals surface area contributed by atoms with Gasteiger partial charge in [-0.1, -0.05) is 19.4 Å². The third-order valence-electron chi connectivity index (χ3n) is 2.29. The molecule has 1 aromatic rings. The van der Waals surface area contributed by atoms with Crippen LogP contribution < -0.4 is 0 Å². The average Bonchev–Trinajstić information content (AvgIpc) is 2.24. The summed E-state index contributed by atoms with van der Waals surface area (Å²) in [5, 5.41) is 8.93. The van der Waals surface area contributed by atoms with Gasteiger partial charge in [0, 0.05) is 0 Å². The topological polar surface area (TPSA) is 50.2 Å². The molecule has 0 aliphatic heterocycles. The van der Waals surface area contributed by atoms with E-state index in [-0.39, 0.29) is 12.1 Å². The number of carbonyl (C=O) groups is 1. The predicted octanol–water partition coefficient (Wildman–Crippen LogP) is 3.07. The summed E-state index contributed by atoms with van der Waals surface area (Å²) in [5.41, 5.74) is -1.11. The van der Waals surface area contributed by atoms with Gasteiger partial charge in [-0.2, -0.15) is 13.2 Å². The van der Waals surface area contributed by atoms with Crippen LogP contribution in [0.2, 0.25) is 0 Å². The van der Waals surface area contributed by atoms with Crippen LogP contribution in [0, 0.1) is 0 Å². The highest BCUT2D eigenvalue weighted by atomic mass is 19.4. The van der Waals surface area contributed by atoms with Gasteiger partial charge in [0.2, 0.25) is 0 Å². The van der Waals surface area contributed by atoms with E-state index in [9.17, 15) is 18.0 Å². The maximum atomic E-state index is 12.4. The van der Waals surface area contributed by atoms with Gasteiger partial charge in [-0.15, -0.1) is 0 Å². The van der Waals surface area contributed by atoms with E-state index >= 15 is 0 Å². The highest BCUT2D eigenvalue weighted by Gasteiger charge is 2.33. The largest absolute Gasteiger partial charge is 0.481 e. The van der Waals surface area contributed by atoms with Gasteiger partial charge >= 0.3 is 12.1 Å². The maximum absolute atomic E-state index is 12.4. The fraction of sp³-hybridized carbons (Fsp3) is 0.455. The Morgan fingerprint density at radius 1 is 1.47 bits per heavy atom. The minimum Gasteiger partial charge on any atom is -0.481 e. The monoisotopic (exact) mass is 247 g/mol. The maximum Gasteiger partial charge on any atom is 0.433 e. The second-order valence-corrected chi connectivity index (χ2v) is 3.62. The van der Waals surface area contributed by atoms with Crippen molar-refractivity contribution >= 4 is 5.97 Å². The summed E-state index contributed by atoms with van der Waals surface area (Å²) >= 11 is 0. The van der Waals surface area contributed by atoms with Crippen molar-refractivity contribution < 1.29 is 23.1 Å². The lowest BCUT2D eigenvalue weighted by Gasteiger charge is -2.12. The number of aromatic nitrogens is 1. The molecule has 1 rings (SSSR count). The van der Waals surface area contributed by atoms with Gasteiger partial charge in [-0.05, 0) is 18.6 Å². The molecule has 0 bridgehead atoms. The predicted molar refractivity (Wildman–Crippen MR) is 54.5 cm³/mol. The molecule has 0 amide bonds. The summed E-state index contributed by atoms with van der Waals surface area (Å²) in [5.74, 6) is -2.14. The minimum absolute atomic E-state index is 0.0471. The van der Waals surface area contributed by atoms with Crippen LogP contribution in [0.3, 0.4) is 0 Å². The van der Waals surface area contributed by atoms with Gasteiger partial charge < -0.3 is 5.11 Å². The number of carboxylic acids is 1. The SMILES string of the molecule is CCCC(C(=O)O)c1cccc(C(F)(F)F)n1. The number of carboxylic acid groups (broad SMARTS) is 1. The molecule has 94 valence electrons. The number of hydrogen-bond acceptors (Lipinski definition) is 2. The van der Waals surface area contributed by atoms with Gasteiger partial charge in [0.15, 0.2) is 0 Å². The summed E-state index contributed by atoms with van der Waals surface area (Å²) in [4.78, 5) is 14.3. The highest BCUT2D eigenvalue weighted by Crippen LogP contribution is 2.29. The van der Waals surface area contributed by atoms with E-state index < -0.39 is 23.8 Å². The molecule has 0 aliphatic rings. The lowest BCUT2D eigenvalue weighted by atomic mass is 9.99. The second kappa shape index (κ2) is 5.16. The molecule has 1 unspecified atom stereocenters. The number of halogens is 3. The van der Waals surface area contributed by atoms with Crippen LogP contribution in [0.5, 0.6) is 0 Å². The molecule has 1 heterocycles. The first-order valence-electron chi connectivity index (χ1n) is 5.13. The summed E-state index contributed by atoms with van der Waals surface area (Å²) in [6, 6.07) is 3.31. The lowest BCUT2D eigenvalue weighted by Crippen LogP contribution is -2.16. The zero-order valence-electron chi connectivity index (χ0n) is 9.16. The molecular weight excluding hydrogens is 235 g/mol. The lowest BCUT2D eigenvalue weighted by molar-refractivity contribution is -0.142. The molecule has 1 aromatic heterocycles. The van der Waals surface area contributed by atoms with Gasteiger partial charge in [0.05, 0.1) is 11.6 Å². The van der Waals surface area contributed by atoms with Crippen molar-refractivity contribution in [3.8, 4) is 0 Å². The van der Waals surface area contributed by atoms with E-state index in [4.69, 9.17) is 5.11 Å². The quantitative estimate of drug-likeness (QED) is 0.889. The van der Waals surface area contributed by atoms with Gasteiger partial charge in [-0.25, -0.2) is 4.98 Å². The van der Waals surface area contributed by atoms with Crippen LogP contribution in [-0.4, -0.2) is 16.1 Å². The molecule has 1 atom stereocenters. The third kappa shape index (κ3) is 3.44. The smallest absolute Gasteiger partial charge is 0.433 e. The second-order valence-electron chi connectivity index (χ2n) is 3.62. The molecular formula is C11H12F3NO2. The average molecular weight is 247 g/mol. The Bertz CT molecular complexity index is 404. The molecule has 0 aromatic carbocycles. The van der Waals surface area contributed by atoms with Gasteiger partial charge in [-0.3, -0.25) is 4.79 Å². The summed E-state index contributed by atoms with van der Waals surface area (Å²) < 4.78 is 37.2. The molecule has 0 saturated heterocycles. The molecule has 0 saturated carbocycles. The first-order chi connectivity index (χ1) is 7.86. The molecule has 0 aliphatic carbocycles. The van der Waals surface area contributed by atoms with Crippen LogP contribution >= 0.6 is 0 Å². The number of rotatable bonds is 4. The normalized spacial score (nSPS) is 13.4. The van der Waals surface area contributed by atoms with Crippen molar-refractivity contribution in [1.82, 2.24) is 4.98 Å². The van der Waals surface area contributed by atoms with Crippen molar-refractivity contribution in [1.29, 1.82) is 0 Å². The van der Waals surface area contributed by atoms with Crippen molar-refractivity contribution in [2.75, 3.05) is 0 Å². The van der Waals surface area contributed by atoms with Crippen LogP contribution in [0.4, 0.5) is 13.2 Å². The third-order valence-corrected chi connectivity index (χ3v) is 2.29. The fourth-order valence-electron chi connectivity index (χ4n) is 1.49. The molecule has 17 heavy (non-hydrogen) atoms. The Hall–Kier alpha value is -1.59. The zero-order valence-corrected chi connectivity index (χ0v) is 9.16. The first kappa shape index (κ1) is 13.5. The molecule has 3 nitrogen and oxygen atoms in total.